The lowest BCUT2D eigenvalue weighted by atomic mass is 10.0. The maximum Gasteiger partial charge on any atom is 0.315 e. The highest BCUT2D eigenvalue weighted by Gasteiger charge is 2.14. The largest absolute Gasteiger partial charge is 0.481 e. The molecule has 0 bridgehead atoms. The zero-order valence-corrected chi connectivity index (χ0v) is 14.9. The van der Waals surface area contributed by atoms with E-state index in [1.54, 1.807) is 13.2 Å². The number of amides is 2. The average Bonchev–Trinajstić information content (AvgIpc) is 3.03. The van der Waals surface area contributed by atoms with Crippen molar-refractivity contribution >= 4 is 12.0 Å². The zero-order chi connectivity index (χ0) is 18.8. The summed E-state index contributed by atoms with van der Waals surface area (Å²) in [5.41, 5.74) is 1.95. The van der Waals surface area contributed by atoms with Crippen LogP contribution in [0.15, 0.2) is 36.5 Å². The van der Waals surface area contributed by atoms with Crippen molar-refractivity contribution in [2.24, 2.45) is 7.05 Å². The normalized spacial score (nSPS) is 11.7. The molecule has 0 saturated heterocycles. The predicted octanol–water partition coefficient (Wildman–Crippen LogP) is 1.52. The van der Waals surface area contributed by atoms with Crippen LogP contribution in [-0.2, 0) is 24.7 Å². The summed E-state index contributed by atoms with van der Waals surface area (Å²) in [5, 5.41) is 22.8. The van der Waals surface area contributed by atoms with Gasteiger partial charge in [0.1, 0.15) is 0 Å². The van der Waals surface area contributed by atoms with E-state index in [2.05, 4.69) is 20.8 Å². The van der Waals surface area contributed by atoms with E-state index in [1.807, 2.05) is 30.3 Å². The van der Waals surface area contributed by atoms with Crippen LogP contribution in [-0.4, -0.2) is 44.7 Å². The van der Waals surface area contributed by atoms with Gasteiger partial charge in [-0.3, -0.25) is 4.79 Å². The predicted molar refractivity (Wildman–Crippen MR) is 96.7 cm³/mol. The first-order chi connectivity index (χ1) is 12.5. The third kappa shape index (κ3) is 7.33. The van der Waals surface area contributed by atoms with Crippen LogP contribution >= 0.6 is 0 Å². The van der Waals surface area contributed by atoms with Gasteiger partial charge in [-0.05, 0) is 31.2 Å². The molecular formula is C18H25N5O3. The van der Waals surface area contributed by atoms with Crippen molar-refractivity contribution in [3.05, 3.63) is 47.8 Å². The van der Waals surface area contributed by atoms with Gasteiger partial charge in [-0.15, -0.1) is 0 Å². The molecule has 2 rings (SSSR count). The van der Waals surface area contributed by atoms with Crippen molar-refractivity contribution in [2.75, 3.05) is 6.54 Å². The molecule has 3 N–H and O–H groups in total. The first-order valence-corrected chi connectivity index (χ1v) is 8.68. The van der Waals surface area contributed by atoms with E-state index in [0.717, 1.165) is 24.1 Å². The number of aryl methyl sites for hydroxylation is 2. The molecule has 0 fully saturated rings. The Kier molecular flexibility index (Phi) is 7.60. The average molecular weight is 359 g/mol. The number of hydrogen-bond acceptors (Lipinski definition) is 4. The van der Waals surface area contributed by atoms with Gasteiger partial charge in [0.2, 0.25) is 0 Å². The van der Waals surface area contributed by atoms with Crippen LogP contribution in [0, 0.1) is 0 Å². The summed E-state index contributed by atoms with van der Waals surface area (Å²) in [5.74, 6) is -0.866. The molecular weight excluding hydrogens is 334 g/mol. The van der Waals surface area contributed by atoms with Crippen LogP contribution in [0.5, 0.6) is 0 Å². The molecule has 2 aromatic rings. The minimum absolute atomic E-state index is 0.0183. The summed E-state index contributed by atoms with van der Waals surface area (Å²) >= 11 is 0. The summed E-state index contributed by atoms with van der Waals surface area (Å²) in [7, 11) is 1.76. The number of urea groups is 1. The number of nitrogens with one attached hydrogen (secondary N) is 2. The van der Waals surface area contributed by atoms with Crippen LogP contribution in [0.25, 0.3) is 0 Å². The van der Waals surface area contributed by atoms with Crippen molar-refractivity contribution in [2.45, 2.75) is 38.1 Å². The molecule has 1 unspecified atom stereocenters. The van der Waals surface area contributed by atoms with Gasteiger partial charge in [0.05, 0.1) is 11.9 Å². The number of aliphatic carboxylic acids is 1. The second-order valence-electron chi connectivity index (χ2n) is 6.15. The van der Waals surface area contributed by atoms with Gasteiger partial charge in [-0.25, -0.2) is 4.79 Å². The molecule has 1 aromatic carbocycles. The lowest BCUT2D eigenvalue weighted by molar-refractivity contribution is -0.137. The topological polar surface area (TPSA) is 109 Å². The Hall–Kier alpha value is -2.90. The molecule has 0 saturated carbocycles. The van der Waals surface area contributed by atoms with Crippen molar-refractivity contribution in [3.63, 3.8) is 0 Å². The van der Waals surface area contributed by atoms with Gasteiger partial charge >= 0.3 is 12.0 Å². The van der Waals surface area contributed by atoms with E-state index in [9.17, 15) is 9.59 Å². The maximum absolute atomic E-state index is 12.1. The van der Waals surface area contributed by atoms with Crippen LogP contribution in [0.3, 0.4) is 0 Å². The number of benzene rings is 1. The molecule has 0 spiro atoms. The van der Waals surface area contributed by atoms with Crippen molar-refractivity contribution < 1.29 is 14.7 Å². The van der Waals surface area contributed by atoms with Crippen LogP contribution in [0.2, 0.25) is 0 Å². The van der Waals surface area contributed by atoms with Gasteiger partial charge < -0.3 is 15.7 Å². The second-order valence-corrected chi connectivity index (χ2v) is 6.15. The van der Waals surface area contributed by atoms with E-state index >= 15 is 0 Å². The molecule has 1 heterocycles. The number of carbonyl (C=O) groups is 2. The Labute approximate surface area is 152 Å². The third-order valence-corrected chi connectivity index (χ3v) is 3.91. The molecule has 140 valence electrons. The fourth-order valence-corrected chi connectivity index (χ4v) is 2.63. The lowest BCUT2D eigenvalue weighted by Crippen LogP contribution is -2.43. The Morgan fingerprint density at radius 1 is 1.27 bits per heavy atom. The molecule has 1 atom stereocenters. The maximum atomic E-state index is 12.1. The molecule has 26 heavy (non-hydrogen) atoms. The van der Waals surface area contributed by atoms with E-state index < -0.39 is 5.97 Å². The number of carboxylic acid groups (broad SMARTS) is 1. The number of hydrogen-bond donors (Lipinski definition) is 3. The summed E-state index contributed by atoms with van der Waals surface area (Å²) in [6, 6.07) is 9.20. The van der Waals surface area contributed by atoms with Crippen LogP contribution < -0.4 is 10.6 Å². The minimum atomic E-state index is -0.866. The number of nitrogens with zero attached hydrogens (tertiary/aromatic N) is 3. The third-order valence-electron chi connectivity index (χ3n) is 3.91. The van der Waals surface area contributed by atoms with Gasteiger partial charge in [-0.2, -0.15) is 15.0 Å². The molecule has 0 radical (unpaired) electrons. The molecule has 8 heteroatoms. The summed E-state index contributed by atoms with van der Waals surface area (Å²) in [6.45, 7) is 0.513. The summed E-state index contributed by atoms with van der Waals surface area (Å²) < 4.78 is 0. The highest BCUT2D eigenvalue weighted by molar-refractivity contribution is 5.74. The summed E-state index contributed by atoms with van der Waals surface area (Å²) in [6.07, 6.45) is 4.20. The smallest absolute Gasteiger partial charge is 0.315 e. The summed E-state index contributed by atoms with van der Waals surface area (Å²) in [4.78, 5) is 24.5. The lowest BCUT2D eigenvalue weighted by Gasteiger charge is -2.18. The first-order valence-electron chi connectivity index (χ1n) is 8.68. The molecule has 2 amide bonds. The molecule has 8 nitrogen and oxygen atoms in total. The Morgan fingerprint density at radius 2 is 2.04 bits per heavy atom. The molecule has 1 aromatic heterocycles. The number of carbonyl (C=O) groups excluding carboxylic acids is 1. The van der Waals surface area contributed by atoms with Crippen molar-refractivity contribution in [1.29, 1.82) is 0 Å². The number of rotatable bonds is 10. The van der Waals surface area contributed by atoms with E-state index in [4.69, 9.17) is 5.11 Å². The standard InChI is InChI=1S/C18H25N5O3/c1-23-20-13-16(22-23)8-5-11-19-18(26)21-15(9-10-17(24)25)12-14-6-3-2-4-7-14/h2-4,6-7,13,15H,5,8-12H2,1H3,(H,24,25)(H2,19,21,26). The number of carboxylic acids is 1. The monoisotopic (exact) mass is 359 g/mol. The molecule has 0 aliphatic rings. The van der Waals surface area contributed by atoms with Crippen LogP contribution in [0.1, 0.15) is 30.5 Å². The zero-order valence-electron chi connectivity index (χ0n) is 14.9. The van der Waals surface area contributed by atoms with Gasteiger partial charge in [0, 0.05) is 26.1 Å². The highest BCUT2D eigenvalue weighted by atomic mass is 16.4. The first kappa shape index (κ1) is 19.4. The van der Waals surface area contributed by atoms with Gasteiger partial charge in [-0.1, -0.05) is 30.3 Å². The van der Waals surface area contributed by atoms with Crippen LogP contribution in [0.4, 0.5) is 4.79 Å². The Morgan fingerprint density at radius 3 is 2.69 bits per heavy atom. The Bertz CT molecular complexity index is 702. The minimum Gasteiger partial charge on any atom is -0.481 e. The highest BCUT2D eigenvalue weighted by Crippen LogP contribution is 2.08. The molecule has 0 aliphatic carbocycles. The number of aromatic nitrogens is 3. The fraction of sp³-hybridized carbons (Fsp3) is 0.444. The van der Waals surface area contributed by atoms with Gasteiger partial charge in [0.25, 0.3) is 0 Å². The van der Waals surface area contributed by atoms with Crippen molar-refractivity contribution in [1.82, 2.24) is 25.6 Å². The Balaban J connectivity index is 1.75. The van der Waals surface area contributed by atoms with E-state index in [-0.39, 0.29) is 18.5 Å². The van der Waals surface area contributed by atoms with Crippen molar-refractivity contribution in [3.8, 4) is 0 Å². The van der Waals surface area contributed by atoms with E-state index in [1.165, 1.54) is 4.80 Å². The van der Waals surface area contributed by atoms with E-state index in [0.29, 0.717) is 19.4 Å². The molecule has 0 aliphatic heterocycles. The fourth-order valence-electron chi connectivity index (χ4n) is 2.63. The second kappa shape index (κ2) is 10.2. The SMILES string of the molecule is Cn1ncc(CCCNC(=O)NC(CCC(=O)O)Cc2ccccc2)n1. The quantitative estimate of drug-likeness (QED) is 0.557. The van der Waals surface area contributed by atoms with Gasteiger partial charge in [0.15, 0.2) is 0 Å².